The van der Waals surface area contributed by atoms with Gasteiger partial charge in [-0.05, 0) is 19.4 Å². The van der Waals surface area contributed by atoms with Crippen molar-refractivity contribution in [3.8, 4) is 0 Å². The number of hydrogen-bond donors (Lipinski definition) is 0. The lowest BCUT2D eigenvalue weighted by atomic mass is 10.2. The van der Waals surface area contributed by atoms with Gasteiger partial charge in [-0.15, -0.1) is 0 Å². The van der Waals surface area contributed by atoms with Gasteiger partial charge in [0, 0.05) is 0 Å². The lowest BCUT2D eigenvalue weighted by Gasteiger charge is -2.15. The van der Waals surface area contributed by atoms with Crippen LogP contribution in [0.15, 0.2) is 30.3 Å². The fraction of sp³-hybridized carbons (Fsp3) is 0.467. The van der Waals surface area contributed by atoms with Crippen LogP contribution >= 0.6 is 0 Å². The van der Waals surface area contributed by atoms with Gasteiger partial charge in [0.05, 0.1) is 26.2 Å². The fourth-order valence-corrected chi connectivity index (χ4v) is 1.59. The molecule has 0 saturated carbocycles. The number of esters is 2. The molecular formula is C15H20O5. The van der Waals surface area contributed by atoms with Crippen LogP contribution in [0.1, 0.15) is 25.8 Å². The van der Waals surface area contributed by atoms with E-state index < -0.39 is 18.0 Å². The molecule has 0 saturated heterocycles. The van der Waals surface area contributed by atoms with Gasteiger partial charge in [-0.3, -0.25) is 4.79 Å². The second-order valence-corrected chi connectivity index (χ2v) is 4.05. The van der Waals surface area contributed by atoms with Gasteiger partial charge in [-0.2, -0.15) is 0 Å². The Hall–Kier alpha value is -1.88. The second-order valence-electron chi connectivity index (χ2n) is 4.05. The van der Waals surface area contributed by atoms with E-state index in [1.54, 1.807) is 13.8 Å². The van der Waals surface area contributed by atoms with Gasteiger partial charge in [0.1, 0.15) is 0 Å². The highest BCUT2D eigenvalue weighted by atomic mass is 16.6. The minimum absolute atomic E-state index is 0.139. The van der Waals surface area contributed by atoms with Crippen LogP contribution in [0.25, 0.3) is 0 Å². The Kier molecular flexibility index (Phi) is 7.35. The minimum Gasteiger partial charge on any atom is -0.466 e. The van der Waals surface area contributed by atoms with Gasteiger partial charge in [0.2, 0.25) is 0 Å². The molecule has 0 N–H and O–H groups in total. The molecule has 0 aromatic heterocycles. The quantitative estimate of drug-likeness (QED) is 0.682. The van der Waals surface area contributed by atoms with E-state index >= 15 is 0 Å². The largest absolute Gasteiger partial charge is 0.466 e. The molecule has 0 fully saturated rings. The first kappa shape index (κ1) is 16.2. The van der Waals surface area contributed by atoms with Crippen molar-refractivity contribution in [3.63, 3.8) is 0 Å². The smallest absolute Gasteiger partial charge is 0.335 e. The third-order valence-corrected chi connectivity index (χ3v) is 2.50. The molecule has 1 unspecified atom stereocenters. The lowest BCUT2D eigenvalue weighted by molar-refractivity contribution is -0.164. The van der Waals surface area contributed by atoms with Gasteiger partial charge < -0.3 is 14.2 Å². The van der Waals surface area contributed by atoms with E-state index in [4.69, 9.17) is 14.2 Å². The van der Waals surface area contributed by atoms with Crippen molar-refractivity contribution in [1.29, 1.82) is 0 Å². The molecule has 1 aromatic rings. The Labute approximate surface area is 118 Å². The molecule has 0 aliphatic heterocycles. The second kappa shape index (κ2) is 9.09. The standard InChI is InChI=1S/C15H20O5/c1-3-18-14(16)10-13(15(17)19-4-2)20-11-12-8-6-5-7-9-12/h5-9,13H,3-4,10-11H2,1-2H3. The van der Waals surface area contributed by atoms with Crippen molar-refractivity contribution in [3.05, 3.63) is 35.9 Å². The summed E-state index contributed by atoms with van der Waals surface area (Å²) in [5, 5.41) is 0. The molecule has 0 amide bonds. The Morgan fingerprint density at radius 2 is 1.70 bits per heavy atom. The lowest BCUT2D eigenvalue weighted by Crippen LogP contribution is -2.30. The Bertz CT molecular complexity index is 416. The molecule has 0 heterocycles. The third-order valence-electron chi connectivity index (χ3n) is 2.50. The summed E-state index contributed by atoms with van der Waals surface area (Å²) in [5.74, 6) is -1.02. The molecule has 0 radical (unpaired) electrons. The summed E-state index contributed by atoms with van der Waals surface area (Å²) in [6.45, 7) is 4.17. The highest BCUT2D eigenvalue weighted by Gasteiger charge is 2.24. The molecule has 110 valence electrons. The normalized spacial score (nSPS) is 11.7. The SMILES string of the molecule is CCOC(=O)CC(OCc1ccccc1)C(=O)OCC. The maximum Gasteiger partial charge on any atom is 0.335 e. The predicted octanol–water partition coefficient (Wildman–Crippen LogP) is 2.09. The topological polar surface area (TPSA) is 61.8 Å². The summed E-state index contributed by atoms with van der Waals surface area (Å²) in [6.07, 6.45) is -1.08. The van der Waals surface area contributed by atoms with E-state index in [1.165, 1.54) is 0 Å². The average Bonchev–Trinajstić information content (AvgIpc) is 2.45. The molecule has 1 atom stereocenters. The summed E-state index contributed by atoms with van der Waals surface area (Å²) in [4.78, 5) is 23.2. The van der Waals surface area contributed by atoms with E-state index in [-0.39, 0.29) is 26.2 Å². The van der Waals surface area contributed by atoms with Gasteiger partial charge in [-0.25, -0.2) is 4.79 Å². The van der Waals surface area contributed by atoms with Crippen LogP contribution in [-0.4, -0.2) is 31.3 Å². The minimum atomic E-state index is -0.936. The third kappa shape index (κ3) is 5.84. The summed E-state index contributed by atoms with van der Waals surface area (Å²) in [7, 11) is 0. The van der Waals surface area contributed by atoms with Crippen molar-refractivity contribution in [2.45, 2.75) is 33.0 Å². The average molecular weight is 280 g/mol. The molecule has 0 aliphatic carbocycles. The number of carbonyl (C=O) groups is 2. The zero-order valence-electron chi connectivity index (χ0n) is 11.8. The van der Waals surface area contributed by atoms with E-state index in [0.29, 0.717) is 0 Å². The molecule has 0 aliphatic rings. The first-order valence-electron chi connectivity index (χ1n) is 6.65. The van der Waals surface area contributed by atoms with Crippen LogP contribution in [0.3, 0.4) is 0 Å². The Morgan fingerprint density at radius 1 is 1.05 bits per heavy atom. The zero-order valence-corrected chi connectivity index (χ0v) is 11.8. The van der Waals surface area contributed by atoms with Gasteiger partial charge >= 0.3 is 11.9 Å². The van der Waals surface area contributed by atoms with Gasteiger partial charge in [-0.1, -0.05) is 30.3 Å². The molecular weight excluding hydrogens is 260 g/mol. The van der Waals surface area contributed by atoms with E-state index in [1.807, 2.05) is 30.3 Å². The maximum atomic E-state index is 11.7. The molecule has 0 spiro atoms. The van der Waals surface area contributed by atoms with Crippen molar-refractivity contribution < 1.29 is 23.8 Å². The first-order chi connectivity index (χ1) is 9.67. The van der Waals surface area contributed by atoms with Crippen molar-refractivity contribution in [2.24, 2.45) is 0 Å². The molecule has 1 rings (SSSR count). The molecule has 5 nitrogen and oxygen atoms in total. The van der Waals surface area contributed by atoms with Crippen LogP contribution in [0.4, 0.5) is 0 Å². The van der Waals surface area contributed by atoms with Gasteiger partial charge in [0.25, 0.3) is 0 Å². The van der Waals surface area contributed by atoms with Crippen LogP contribution in [0.5, 0.6) is 0 Å². The summed E-state index contributed by atoms with van der Waals surface area (Å²) < 4.78 is 15.2. The van der Waals surface area contributed by atoms with Crippen molar-refractivity contribution in [1.82, 2.24) is 0 Å². The Morgan fingerprint density at radius 3 is 2.30 bits per heavy atom. The van der Waals surface area contributed by atoms with E-state index in [9.17, 15) is 9.59 Å². The number of benzene rings is 1. The zero-order chi connectivity index (χ0) is 14.8. The van der Waals surface area contributed by atoms with Crippen LogP contribution in [0, 0.1) is 0 Å². The number of rotatable bonds is 8. The van der Waals surface area contributed by atoms with Crippen LogP contribution < -0.4 is 0 Å². The van der Waals surface area contributed by atoms with Crippen molar-refractivity contribution in [2.75, 3.05) is 13.2 Å². The molecule has 0 bridgehead atoms. The Balaban J connectivity index is 2.57. The maximum absolute atomic E-state index is 11.7. The predicted molar refractivity (Wildman–Crippen MR) is 72.9 cm³/mol. The molecule has 1 aromatic carbocycles. The summed E-state index contributed by atoms with van der Waals surface area (Å²) in [5.41, 5.74) is 0.922. The molecule has 20 heavy (non-hydrogen) atoms. The van der Waals surface area contributed by atoms with E-state index in [0.717, 1.165) is 5.56 Å². The van der Waals surface area contributed by atoms with Gasteiger partial charge in [0.15, 0.2) is 6.10 Å². The number of carbonyl (C=O) groups excluding carboxylic acids is 2. The highest BCUT2D eigenvalue weighted by Crippen LogP contribution is 2.09. The monoisotopic (exact) mass is 280 g/mol. The summed E-state index contributed by atoms with van der Waals surface area (Å²) >= 11 is 0. The molecule has 5 heteroatoms. The van der Waals surface area contributed by atoms with E-state index in [2.05, 4.69) is 0 Å². The number of ether oxygens (including phenoxy) is 3. The van der Waals surface area contributed by atoms with Crippen molar-refractivity contribution >= 4 is 11.9 Å². The highest BCUT2D eigenvalue weighted by molar-refractivity contribution is 5.81. The summed E-state index contributed by atoms with van der Waals surface area (Å²) in [6, 6.07) is 9.41. The van der Waals surface area contributed by atoms with Crippen LogP contribution in [-0.2, 0) is 30.4 Å². The number of hydrogen-bond acceptors (Lipinski definition) is 5. The first-order valence-corrected chi connectivity index (χ1v) is 6.65. The van der Waals surface area contributed by atoms with Crippen LogP contribution in [0.2, 0.25) is 0 Å². The fourth-order valence-electron chi connectivity index (χ4n) is 1.59.